The van der Waals surface area contributed by atoms with Crippen LogP contribution < -0.4 is 10.6 Å². The summed E-state index contributed by atoms with van der Waals surface area (Å²) in [5.74, 6) is -0.214. The normalized spacial score (nSPS) is 16.9. The molecule has 1 aliphatic rings. The maximum atomic E-state index is 13.5. The Morgan fingerprint density at radius 3 is 2.70 bits per heavy atom. The molecule has 1 aromatic carbocycles. The lowest BCUT2D eigenvalue weighted by Gasteiger charge is -2.32. The summed E-state index contributed by atoms with van der Waals surface area (Å²) >= 11 is 5.29. The van der Waals surface area contributed by atoms with E-state index in [2.05, 4.69) is 22.5 Å². The number of halogens is 1. The number of rotatable bonds is 3. The molecule has 3 nitrogen and oxygen atoms in total. The van der Waals surface area contributed by atoms with Crippen molar-refractivity contribution in [2.45, 2.75) is 32.7 Å². The van der Waals surface area contributed by atoms with Crippen LogP contribution in [0.1, 0.15) is 25.3 Å². The highest BCUT2D eigenvalue weighted by Gasteiger charge is 2.18. The maximum Gasteiger partial charge on any atom is 0.170 e. The number of hydrogen-bond acceptors (Lipinski definition) is 2. The van der Waals surface area contributed by atoms with E-state index < -0.39 is 0 Å². The molecular formula is C15H22FN3S. The van der Waals surface area contributed by atoms with Crippen LogP contribution in [0.5, 0.6) is 0 Å². The molecule has 0 amide bonds. The highest BCUT2D eigenvalue weighted by molar-refractivity contribution is 7.80. The van der Waals surface area contributed by atoms with Gasteiger partial charge in [0.2, 0.25) is 0 Å². The van der Waals surface area contributed by atoms with Crippen LogP contribution in [0.15, 0.2) is 18.2 Å². The van der Waals surface area contributed by atoms with Crippen LogP contribution in [0.4, 0.5) is 10.1 Å². The molecule has 0 atom stereocenters. The third kappa shape index (κ3) is 4.15. The molecule has 110 valence electrons. The van der Waals surface area contributed by atoms with Gasteiger partial charge >= 0.3 is 0 Å². The van der Waals surface area contributed by atoms with Gasteiger partial charge < -0.3 is 15.5 Å². The van der Waals surface area contributed by atoms with Crippen LogP contribution in [0.25, 0.3) is 0 Å². The highest BCUT2D eigenvalue weighted by Crippen LogP contribution is 2.14. The Labute approximate surface area is 125 Å². The van der Waals surface area contributed by atoms with Crippen molar-refractivity contribution in [3.05, 3.63) is 29.6 Å². The van der Waals surface area contributed by atoms with Crippen LogP contribution in [-0.4, -0.2) is 35.7 Å². The fourth-order valence-corrected chi connectivity index (χ4v) is 2.70. The van der Waals surface area contributed by atoms with Crippen molar-refractivity contribution in [3.8, 4) is 0 Å². The predicted octanol–water partition coefficient (Wildman–Crippen LogP) is 2.90. The Balaban J connectivity index is 1.82. The van der Waals surface area contributed by atoms with Gasteiger partial charge in [0.25, 0.3) is 0 Å². The van der Waals surface area contributed by atoms with Crippen molar-refractivity contribution in [3.63, 3.8) is 0 Å². The lowest BCUT2D eigenvalue weighted by atomic mass is 10.1. The van der Waals surface area contributed by atoms with Gasteiger partial charge in [0.15, 0.2) is 5.11 Å². The molecule has 1 aromatic rings. The Bertz CT molecular complexity index is 470. The summed E-state index contributed by atoms with van der Waals surface area (Å²) < 4.78 is 13.5. The summed E-state index contributed by atoms with van der Waals surface area (Å²) in [6, 6.07) is 5.47. The highest BCUT2D eigenvalue weighted by atomic mass is 32.1. The predicted molar refractivity (Wildman–Crippen MR) is 85.6 cm³/mol. The van der Waals surface area contributed by atoms with Crippen molar-refractivity contribution < 1.29 is 4.39 Å². The second-order valence-electron chi connectivity index (χ2n) is 5.27. The summed E-state index contributed by atoms with van der Waals surface area (Å²) in [5.41, 5.74) is 1.33. The molecule has 20 heavy (non-hydrogen) atoms. The third-order valence-electron chi connectivity index (χ3n) is 3.80. The van der Waals surface area contributed by atoms with Crippen LogP contribution in [-0.2, 0) is 0 Å². The van der Waals surface area contributed by atoms with Gasteiger partial charge in [-0.1, -0.05) is 13.0 Å². The molecule has 1 aliphatic heterocycles. The van der Waals surface area contributed by atoms with Crippen molar-refractivity contribution in [2.24, 2.45) is 0 Å². The molecule has 1 heterocycles. The van der Waals surface area contributed by atoms with Crippen molar-refractivity contribution in [2.75, 3.05) is 25.0 Å². The number of benzene rings is 1. The van der Waals surface area contributed by atoms with Gasteiger partial charge in [0.1, 0.15) is 5.82 Å². The van der Waals surface area contributed by atoms with Crippen molar-refractivity contribution in [1.29, 1.82) is 0 Å². The lowest BCUT2D eigenvalue weighted by Crippen LogP contribution is -2.45. The number of hydrogen-bond donors (Lipinski definition) is 2. The number of likely N-dealkylation sites (tertiary alicyclic amines) is 1. The maximum absolute atomic E-state index is 13.5. The smallest absolute Gasteiger partial charge is 0.170 e. The summed E-state index contributed by atoms with van der Waals surface area (Å²) in [4.78, 5) is 2.43. The number of nitrogens with one attached hydrogen (secondary N) is 2. The Kier molecular flexibility index (Phi) is 5.31. The summed E-state index contributed by atoms with van der Waals surface area (Å²) in [5, 5.41) is 6.94. The first-order valence-electron chi connectivity index (χ1n) is 7.14. The molecule has 0 radical (unpaired) electrons. The summed E-state index contributed by atoms with van der Waals surface area (Å²) in [7, 11) is 0. The van der Waals surface area contributed by atoms with Gasteiger partial charge in [-0.2, -0.15) is 0 Å². The Morgan fingerprint density at radius 2 is 2.10 bits per heavy atom. The first-order chi connectivity index (χ1) is 9.58. The van der Waals surface area contributed by atoms with Crippen LogP contribution in [0, 0.1) is 12.7 Å². The molecule has 0 bridgehead atoms. The number of aryl methyl sites for hydroxylation is 1. The second-order valence-corrected chi connectivity index (χ2v) is 5.68. The van der Waals surface area contributed by atoms with Gasteiger partial charge in [-0.3, -0.25) is 0 Å². The van der Waals surface area contributed by atoms with Crippen LogP contribution >= 0.6 is 12.2 Å². The van der Waals surface area contributed by atoms with Crippen molar-refractivity contribution in [1.82, 2.24) is 10.2 Å². The average Bonchev–Trinajstić information content (AvgIpc) is 2.44. The van der Waals surface area contributed by atoms with E-state index in [1.165, 1.54) is 6.07 Å². The molecule has 5 heteroatoms. The summed E-state index contributed by atoms with van der Waals surface area (Å²) in [6.07, 6.45) is 2.19. The quantitative estimate of drug-likeness (QED) is 0.839. The number of thiocarbonyl (C=S) groups is 1. The molecule has 2 rings (SSSR count). The average molecular weight is 295 g/mol. The second kappa shape index (κ2) is 6.99. The van der Waals surface area contributed by atoms with E-state index in [-0.39, 0.29) is 5.82 Å². The first kappa shape index (κ1) is 15.2. The zero-order valence-electron chi connectivity index (χ0n) is 12.1. The largest absolute Gasteiger partial charge is 0.360 e. The number of piperidine rings is 1. The van der Waals surface area contributed by atoms with Crippen LogP contribution in [0.3, 0.4) is 0 Å². The van der Waals surface area contributed by atoms with Crippen LogP contribution in [0.2, 0.25) is 0 Å². The minimum Gasteiger partial charge on any atom is -0.360 e. The molecule has 2 N–H and O–H groups in total. The topological polar surface area (TPSA) is 27.3 Å². The Morgan fingerprint density at radius 1 is 1.40 bits per heavy atom. The molecule has 0 spiro atoms. The van der Waals surface area contributed by atoms with E-state index in [1.807, 2.05) is 6.07 Å². The van der Waals surface area contributed by atoms with Gasteiger partial charge in [-0.25, -0.2) is 4.39 Å². The number of anilines is 1. The zero-order chi connectivity index (χ0) is 14.5. The SMILES string of the molecule is CCN1CCC(NC(=S)Nc2ccc(C)c(F)c2)CC1. The molecule has 0 aromatic heterocycles. The minimum atomic E-state index is -0.214. The van der Waals surface area contributed by atoms with E-state index >= 15 is 0 Å². The van der Waals surface area contributed by atoms with E-state index in [4.69, 9.17) is 12.2 Å². The van der Waals surface area contributed by atoms with E-state index in [0.717, 1.165) is 32.5 Å². The lowest BCUT2D eigenvalue weighted by molar-refractivity contribution is 0.216. The molecular weight excluding hydrogens is 273 g/mol. The third-order valence-corrected chi connectivity index (χ3v) is 4.02. The fourth-order valence-electron chi connectivity index (χ4n) is 2.42. The molecule has 1 fully saturated rings. The fraction of sp³-hybridized carbons (Fsp3) is 0.533. The van der Waals surface area contributed by atoms with E-state index in [1.54, 1.807) is 13.0 Å². The molecule has 0 aliphatic carbocycles. The van der Waals surface area contributed by atoms with Crippen molar-refractivity contribution >= 4 is 23.0 Å². The minimum absolute atomic E-state index is 0.214. The zero-order valence-corrected chi connectivity index (χ0v) is 12.9. The number of nitrogens with zero attached hydrogens (tertiary/aromatic N) is 1. The molecule has 0 saturated carbocycles. The van der Waals surface area contributed by atoms with Gasteiger partial charge in [0, 0.05) is 24.8 Å². The first-order valence-corrected chi connectivity index (χ1v) is 7.55. The standard InChI is InChI=1S/C15H22FN3S/c1-3-19-8-6-12(7-9-19)17-15(20)18-13-5-4-11(2)14(16)10-13/h4-5,10,12H,3,6-9H2,1-2H3,(H2,17,18,20). The van der Waals surface area contributed by atoms with Gasteiger partial charge in [0.05, 0.1) is 0 Å². The molecule has 1 saturated heterocycles. The molecule has 0 unspecified atom stereocenters. The monoisotopic (exact) mass is 295 g/mol. The van der Waals surface area contributed by atoms with E-state index in [0.29, 0.717) is 22.4 Å². The summed E-state index contributed by atoms with van der Waals surface area (Å²) in [6.45, 7) is 7.26. The Hall–Kier alpha value is -1.20. The van der Waals surface area contributed by atoms with Gasteiger partial charge in [-0.15, -0.1) is 0 Å². The van der Waals surface area contributed by atoms with Gasteiger partial charge in [-0.05, 0) is 56.2 Å². The van der Waals surface area contributed by atoms with E-state index in [9.17, 15) is 4.39 Å².